The number of nitrogens with zero attached hydrogens (tertiary/aromatic N) is 1. The van der Waals surface area contributed by atoms with Crippen LogP contribution in [0.3, 0.4) is 0 Å². The molecule has 19 heavy (non-hydrogen) atoms. The van der Waals surface area contributed by atoms with Gasteiger partial charge in [-0.2, -0.15) is 4.31 Å². The molecular weight excluding hydrogens is 284 g/mol. The zero-order chi connectivity index (χ0) is 14.2. The maximum Gasteiger partial charge on any atom is 0.243 e. The standard InChI is InChI=1S/C13H19ClN2O2S/c1-9-12(14)5-4-6-13(9)19(17,18)16-8-7-15-10(2)11(16)3/h4-6,10-11,15H,7-8H2,1-3H3. The quantitative estimate of drug-likeness (QED) is 0.909. The molecule has 2 unspecified atom stereocenters. The van der Waals surface area contributed by atoms with E-state index in [1.54, 1.807) is 29.4 Å². The van der Waals surface area contributed by atoms with Crippen molar-refractivity contribution in [3.05, 3.63) is 28.8 Å². The maximum absolute atomic E-state index is 12.8. The molecule has 1 aromatic rings. The summed E-state index contributed by atoms with van der Waals surface area (Å²) >= 11 is 6.03. The number of benzene rings is 1. The predicted octanol–water partition coefficient (Wildman–Crippen LogP) is 2.02. The molecule has 0 saturated carbocycles. The number of hydrogen-bond acceptors (Lipinski definition) is 3. The molecule has 1 aliphatic heterocycles. The van der Waals surface area contributed by atoms with E-state index in [-0.39, 0.29) is 12.1 Å². The summed E-state index contributed by atoms with van der Waals surface area (Å²) in [6.07, 6.45) is 0. The van der Waals surface area contributed by atoms with Gasteiger partial charge in [0.25, 0.3) is 0 Å². The van der Waals surface area contributed by atoms with E-state index in [0.29, 0.717) is 28.6 Å². The van der Waals surface area contributed by atoms with Gasteiger partial charge in [0, 0.05) is 30.2 Å². The fourth-order valence-electron chi connectivity index (χ4n) is 2.36. The fourth-order valence-corrected chi connectivity index (χ4v) is 4.54. The molecule has 1 fully saturated rings. The molecule has 106 valence electrons. The molecule has 0 bridgehead atoms. The van der Waals surface area contributed by atoms with Crippen molar-refractivity contribution in [1.29, 1.82) is 0 Å². The molecule has 6 heteroatoms. The number of halogens is 1. The van der Waals surface area contributed by atoms with E-state index >= 15 is 0 Å². The highest BCUT2D eigenvalue weighted by atomic mass is 35.5. The van der Waals surface area contributed by atoms with Crippen LogP contribution >= 0.6 is 11.6 Å². The van der Waals surface area contributed by atoms with Crippen molar-refractivity contribution in [2.24, 2.45) is 0 Å². The summed E-state index contributed by atoms with van der Waals surface area (Å²) in [7, 11) is -3.49. The average Bonchev–Trinajstić information content (AvgIpc) is 2.35. The van der Waals surface area contributed by atoms with Crippen LogP contribution in [0.25, 0.3) is 0 Å². The minimum absolute atomic E-state index is 0.0721. The fraction of sp³-hybridized carbons (Fsp3) is 0.538. The van der Waals surface area contributed by atoms with Gasteiger partial charge >= 0.3 is 0 Å². The molecule has 0 radical (unpaired) electrons. The highest BCUT2D eigenvalue weighted by Crippen LogP contribution is 2.27. The Morgan fingerprint density at radius 2 is 2.05 bits per heavy atom. The number of piperazine rings is 1. The van der Waals surface area contributed by atoms with Crippen LogP contribution in [0.15, 0.2) is 23.1 Å². The predicted molar refractivity (Wildman–Crippen MR) is 77.0 cm³/mol. The second-order valence-electron chi connectivity index (χ2n) is 4.96. The summed E-state index contributed by atoms with van der Waals surface area (Å²) in [5.41, 5.74) is 0.613. The van der Waals surface area contributed by atoms with Gasteiger partial charge in [-0.3, -0.25) is 0 Å². The zero-order valence-electron chi connectivity index (χ0n) is 11.4. The molecule has 1 aliphatic rings. The van der Waals surface area contributed by atoms with Crippen molar-refractivity contribution in [2.45, 2.75) is 37.8 Å². The molecular formula is C13H19ClN2O2S. The van der Waals surface area contributed by atoms with Gasteiger partial charge in [0.1, 0.15) is 0 Å². The van der Waals surface area contributed by atoms with Gasteiger partial charge in [-0.25, -0.2) is 8.42 Å². The Kier molecular flexibility index (Phi) is 4.20. The van der Waals surface area contributed by atoms with Crippen molar-refractivity contribution < 1.29 is 8.42 Å². The molecule has 1 heterocycles. The Morgan fingerprint density at radius 1 is 1.37 bits per heavy atom. The Bertz CT molecular complexity index is 574. The third kappa shape index (κ3) is 2.65. The molecule has 0 aromatic heterocycles. The molecule has 0 amide bonds. The van der Waals surface area contributed by atoms with Crippen LogP contribution in [0.5, 0.6) is 0 Å². The number of sulfonamides is 1. The van der Waals surface area contributed by atoms with Crippen LogP contribution in [0.1, 0.15) is 19.4 Å². The lowest BCUT2D eigenvalue weighted by molar-refractivity contribution is 0.233. The first-order valence-electron chi connectivity index (χ1n) is 6.36. The third-order valence-corrected chi connectivity index (χ3v) is 6.32. The Hall–Kier alpha value is -0.620. The number of hydrogen-bond donors (Lipinski definition) is 1. The first-order chi connectivity index (χ1) is 8.85. The molecule has 0 spiro atoms. The summed E-state index contributed by atoms with van der Waals surface area (Å²) in [5, 5.41) is 3.76. The van der Waals surface area contributed by atoms with Crippen LogP contribution in [-0.2, 0) is 10.0 Å². The number of rotatable bonds is 2. The van der Waals surface area contributed by atoms with Crippen LogP contribution < -0.4 is 5.32 Å². The Morgan fingerprint density at radius 3 is 2.74 bits per heavy atom. The van der Waals surface area contributed by atoms with E-state index in [1.165, 1.54) is 0 Å². The third-order valence-electron chi connectivity index (χ3n) is 3.78. The minimum atomic E-state index is -3.49. The van der Waals surface area contributed by atoms with Crippen molar-refractivity contribution in [1.82, 2.24) is 9.62 Å². The van der Waals surface area contributed by atoms with E-state index < -0.39 is 10.0 Å². The van der Waals surface area contributed by atoms with Crippen LogP contribution in [0, 0.1) is 6.92 Å². The lowest BCUT2D eigenvalue weighted by atomic mass is 10.1. The van der Waals surface area contributed by atoms with Gasteiger partial charge in [0.15, 0.2) is 0 Å². The second kappa shape index (κ2) is 5.40. The highest BCUT2D eigenvalue weighted by molar-refractivity contribution is 7.89. The first kappa shape index (κ1) is 14.8. The van der Waals surface area contributed by atoms with Gasteiger partial charge in [0.05, 0.1) is 4.90 Å². The van der Waals surface area contributed by atoms with E-state index in [2.05, 4.69) is 5.32 Å². The monoisotopic (exact) mass is 302 g/mol. The van der Waals surface area contributed by atoms with E-state index in [9.17, 15) is 8.42 Å². The molecule has 2 atom stereocenters. The average molecular weight is 303 g/mol. The van der Waals surface area contributed by atoms with E-state index in [1.807, 2.05) is 13.8 Å². The normalized spacial score (nSPS) is 25.5. The van der Waals surface area contributed by atoms with Crippen molar-refractivity contribution in [2.75, 3.05) is 13.1 Å². The SMILES string of the molecule is Cc1c(Cl)cccc1S(=O)(=O)N1CCNC(C)C1C. The summed E-state index contributed by atoms with van der Waals surface area (Å²) in [6.45, 7) is 6.82. The summed E-state index contributed by atoms with van der Waals surface area (Å²) in [6, 6.07) is 5.08. The lowest BCUT2D eigenvalue weighted by Gasteiger charge is -2.37. The number of nitrogens with one attached hydrogen (secondary N) is 1. The van der Waals surface area contributed by atoms with Crippen LogP contribution in [-0.4, -0.2) is 37.9 Å². The van der Waals surface area contributed by atoms with Gasteiger partial charge in [-0.1, -0.05) is 17.7 Å². The maximum atomic E-state index is 12.8. The Labute approximate surface area is 119 Å². The highest BCUT2D eigenvalue weighted by Gasteiger charge is 2.35. The topological polar surface area (TPSA) is 49.4 Å². The molecule has 2 rings (SSSR count). The summed E-state index contributed by atoms with van der Waals surface area (Å²) < 4.78 is 27.1. The molecule has 0 aliphatic carbocycles. The van der Waals surface area contributed by atoms with Gasteiger partial charge in [-0.05, 0) is 38.5 Å². The largest absolute Gasteiger partial charge is 0.311 e. The second-order valence-corrected chi connectivity index (χ2v) is 7.23. The van der Waals surface area contributed by atoms with E-state index in [0.717, 1.165) is 0 Å². The van der Waals surface area contributed by atoms with Crippen LogP contribution in [0.4, 0.5) is 0 Å². The zero-order valence-corrected chi connectivity index (χ0v) is 12.9. The summed E-state index contributed by atoms with van der Waals surface area (Å²) in [4.78, 5) is 0.306. The van der Waals surface area contributed by atoms with Crippen molar-refractivity contribution in [3.8, 4) is 0 Å². The van der Waals surface area contributed by atoms with Gasteiger partial charge in [0.2, 0.25) is 10.0 Å². The summed E-state index contributed by atoms with van der Waals surface area (Å²) in [5.74, 6) is 0. The van der Waals surface area contributed by atoms with Gasteiger partial charge in [-0.15, -0.1) is 0 Å². The first-order valence-corrected chi connectivity index (χ1v) is 8.18. The molecule has 4 nitrogen and oxygen atoms in total. The van der Waals surface area contributed by atoms with Crippen LogP contribution in [0.2, 0.25) is 5.02 Å². The van der Waals surface area contributed by atoms with E-state index in [4.69, 9.17) is 11.6 Å². The molecule has 1 N–H and O–H groups in total. The lowest BCUT2D eigenvalue weighted by Crippen LogP contribution is -2.57. The van der Waals surface area contributed by atoms with Gasteiger partial charge < -0.3 is 5.32 Å². The Balaban J connectivity index is 2.45. The smallest absolute Gasteiger partial charge is 0.243 e. The van der Waals surface area contributed by atoms with Crippen molar-refractivity contribution >= 4 is 21.6 Å². The molecule has 1 aromatic carbocycles. The molecule has 1 saturated heterocycles. The minimum Gasteiger partial charge on any atom is -0.311 e. The van der Waals surface area contributed by atoms with Crippen molar-refractivity contribution in [3.63, 3.8) is 0 Å².